The number of rotatable bonds is 5. The molecule has 5 heteroatoms. The normalized spacial score (nSPS) is 16.7. The Balaban J connectivity index is 1.86. The summed E-state index contributed by atoms with van der Waals surface area (Å²) < 4.78 is 5.23. The highest BCUT2D eigenvalue weighted by Crippen LogP contribution is 2.41. The maximum Gasteiger partial charge on any atom is 0.294 e. The number of furan rings is 1. The van der Waals surface area contributed by atoms with Crippen molar-refractivity contribution in [3.05, 3.63) is 101 Å². The van der Waals surface area contributed by atoms with Crippen LogP contribution >= 0.6 is 0 Å². The van der Waals surface area contributed by atoms with Gasteiger partial charge in [-0.25, -0.2) is 0 Å². The third-order valence-electron chi connectivity index (χ3n) is 4.94. The van der Waals surface area contributed by atoms with E-state index >= 15 is 0 Å². The zero-order chi connectivity index (χ0) is 19.7. The van der Waals surface area contributed by atoms with Gasteiger partial charge in [0.1, 0.15) is 0 Å². The van der Waals surface area contributed by atoms with E-state index < -0.39 is 23.5 Å². The van der Waals surface area contributed by atoms with Crippen molar-refractivity contribution in [2.24, 2.45) is 0 Å². The summed E-state index contributed by atoms with van der Waals surface area (Å²) in [4.78, 5) is 27.4. The van der Waals surface area contributed by atoms with E-state index in [0.717, 1.165) is 17.5 Å². The van der Waals surface area contributed by atoms with E-state index in [9.17, 15) is 14.7 Å². The summed E-state index contributed by atoms with van der Waals surface area (Å²) in [5.74, 6) is -1.57. The van der Waals surface area contributed by atoms with Crippen LogP contribution in [0.4, 0.5) is 5.69 Å². The first-order valence-corrected chi connectivity index (χ1v) is 9.10. The molecular weight excluding hydrogens is 354 g/mol. The number of aliphatic hydroxyl groups excluding tert-OH is 1. The van der Waals surface area contributed by atoms with Gasteiger partial charge in [-0.2, -0.15) is 0 Å². The first-order chi connectivity index (χ1) is 13.6. The minimum Gasteiger partial charge on any atom is -0.503 e. The van der Waals surface area contributed by atoms with Crippen molar-refractivity contribution >= 4 is 17.4 Å². The van der Waals surface area contributed by atoms with Gasteiger partial charge >= 0.3 is 0 Å². The standard InChI is InChI=1S/C23H19NO4/c1-2-15-10-12-16(13-11-15)20-19(21(25)18-9-6-14-28-18)22(26)23(27)24(20)17-7-4-3-5-8-17/h3-14,20,26H,2H2,1H3. The fourth-order valence-corrected chi connectivity index (χ4v) is 3.48. The van der Waals surface area contributed by atoms with Crippen LogP contribution in [0.3, 0.4) is 0 Å². The highest BCUT2D eigenvalue weighted by Gasteiger charge is 2.45. The van der Waals surface area contributed by atoms with Crippen LogP contribution in [0.15, 0.2) is 88.7 Å². The van der Waals surface area contributed by atoms with Gasteiger partial charge < -0.3 is 9.52 Å². The zero-order valence-electron chi connectivity index (χ0n) is 15.3. The summed E-state index contributed by atoms with van der Waals surface area (Å²) in [6.45, 7) is 2.06. The van der Waals surface area contributed by atoms with Crippen LogP contribution in [0, 0.1) is 0 Å². The summed E-state index contributed by atoms with van der Waals surface area (Å²) in [5.41, 5.74) is 2.51. The Morgan fingerprint density at radius 3 is 2.36 bits per heavy atom. The number of aliphatic hydroxyl groups is 1. The molecule has 0 aliphatic carbocycles. The van der Waals surface area contributed by atoms with Gasteiger partial charge in [-0.15, -0.1) is 0 Å². The summed E-state index contributed by atoms with van der Waals surface area (Å²) in [7, 11) is 0. The van der Waals surface area contributed by atoms with Crippen molar-refractivity contribution < 1.29 is 19.1 Å². The molecule has 3 aromatic rings. The monoisotopic (exact) mass is 373 g/mol. The second-order valence-corrected chi connectivity index (χ2v) is 6.58. The number of Topliss-reactive ketones (excluding diaryl/α,β-unsaturated/α-hetero) is 1. The number of nitrogens with zero attached hydrogens (tertiary/aromatic N) is 1. The largest absolute Gasteiger partial charge is 0.503 e. The number of hydrogen-bond donors (Lipinski definition) is 1. The number of aryl methyl sites for hydroxylation is 1. The average molecular weight is 373 g/mol. The molecule has 0 saturated heterocycles. The lowest BCUT2D eigenvalue weighted by molar-refractivity contribution is -0.117. The van der Waals surface area contributed by atoms with Gasteiger partial charge in [0.25, 0.3) is 5.91 Å². The van der Waals surface area contributed by atoms with Crippen molar-refractivity contribution in [1.82, 2.24) is 0 Å². The maximum absolute atomic E-state index is 13.1. The van der Waals surface area contributed by atoms with Crippen molar-refractivity contribution in [3.8, 4) is 0 Å². The molecule has 140 valence electrons. The minimum absolute atomic E-state index is 0.0213. The molecule has 1 aliphatic heterocycles. The van der Waals surface area contributed by atoms with Crippen molar-refractivity contribution in [3.63, 3.8) is 0 Å². The Kier molecular flexibility index (Phi) is 4.57. The molecule has 1 aliphatic rings. The van der Waals surface area contributed by atoms with Crippen LogP contribution in [0.5, 0.6) is 0 Å². The lowest BCUT2D eigenvalue weighted by atomic mass is 9.94. The third-order valence-corrected chi connectivity index (χ3v) is 4.94. The summed E-state index contributed by atoms with van der Waals surface area (Å²) in [6.07, 6.45) is 2.27. The molecule has 2 heterocycles. The highest BCUT2D eigenvalue weighted by atomic mass is 16.3. The Bertz CT molecular complexity index is 1030. The number of hydrogen-bond acceptors (Lipinski definition) is 4. The molecule has 2 aromatic carbocycles. The number of ketones is 1. The van der Waals surface area contributed by atoms with Crippen LogP contribution in [0.25, 0.3) is 0 Å². The SMILES string of the molecule is CCc1ccc(C2C(C(=O)c3ccco3)=C(O)C(=O)N2c2ccccc2)cc1. The first-order valence-electron chi connectivity index (χ1n) is 9.10. The van der Waals surface area contributed by atoms with Gasteiger partial charge in [0, 0.05) is 5.69 Å². The zero-order valence-corrected chi connectivity index (χ0v) is 15.3. The van der Waals surface area contributed by atoms with Crippen LogP contribution in [-0.2, 0) is 11.2 Å². The number of para-hydroxylation sites is 1. The average Bonchev–Trinajstić information content (AvgIpc) is 3.36. The molecule has 1 unspecified atom stereocenters. The Morgan fingerprint density at radius 1 is 1.04 bits per heavy atom. The number of anilines is 1. The van der Waals surface area contributed by atoms with Crippen molar-refractivity contribution in [2.75, 3.05) is 4.90 Å². The molecular formula is C23H19NO4. The van der Waals surface area contributed by atoms with Crippen molar-refractivity contribution in [1.29, 1.82) is 0 Å². The molecule has 0 saturated carbocycles. The van der Waals surface area contributed by atoms with Gasteiger partial charge in [0.05, 0.1) is 17.9 Å². The third kappa shape index (κ3) is 2.91. The van der Waals surface area contributed by atoms with Crippen molar-refractivity contribution in [2.45, 2.75) is 19.4 Å². The quantitative estimate of drug-likeness (QED) is 0.662. The van der Waals surface area contributed by atoms with E-state index in [1.807, 2.05) is 42.5 Å². The lowest BCUT2D eigenvalue weighted by Gasteiger charge is -2.26. The Morgan fingerprint density at radius 2 is 1.75 bits per heavy atom. The van der Waals surface area contributed by atoms with E-state index in [2.05, 4.69) is 6.92 Å². The second kappa shape index (κ2) is 7.19. The number of carbonyl (C=O) groups is 2. The fourth-order valence-electron chi connectivity index (χ4n) is 3.48. The summed E-state index contributed by atoms with van der Waals surface area (Å²) in [6, 6.07) is 19.1. The lowest BCUT2D eigenvalue weighted by Crippen LogP contribution is -2.31. The fraction of sp³-hybridized carbons (Fsp3) is 0.130. The molecule has 5 nitrogen and oxygen atoms in total. The number of carbonyl (C=O) groups excluding carboxylic acids is 2. The molecule has 1 N–H and O–H groups in total. The van der Waals surface area contributed by atoms with E-state index in [0.29, 0.717) is 5.69 Å². The molecule has 0 bridgehead atoms. The van der Waals surface area contributed by atoms with Gasteiger partial charge in [0.15, 0.2) is 11.5 Å². The molecule has 1 amide bonds. The summed E-state index contributed by atoms with van der Waals surface area (Å²) >= 11 is 0. The number of benzene rings is 2. The molecule has 1 aromatic heterocycles. The summed E-state index contributed by atoms with van der Waals surface area (Å²) in [5, 5.41) is 10.6. The second-order valence-electron chi connectivity index (χ2n) is 6.58. The Hall–Kier alpha value is -3.60. The minimum atomic E-state index is -0.738. The van der Waals surface area contributed by atoms with E-state index in [1.54, 1.807) is 18.2 Å². The van der Waals surface area contributed by atoms with Crippen LogP contribution < -0.4 is 4.90 Å². The van der Waals surface area contributed by atoms with E-state index in [-0.39, 0.29) is 11.3 Å². The van der Waals surface area contributed by atoms with Crippen LogP contribution in [0.2, 0.25) is 0 Å². The van der Waals surface area contributed by atoms with Gasteiger partial charge in [-0.1, -0.05) is 49.4 Å². The molecule has 4 rings (SSSR count). The number of amides is 1. The predicted molar refractivity (Wildman–Crippen MR) is 105 cm³/mol. The van der Waals surface area contributed by atoms with Crippen LogP contribution in [0.1, 0.15) is 34.6 Å². The molecule has 0 fully saturated rings. The van der Waals surface area contributed by atoms with Crippen LogP contribution in [-0.4, -0.2) is 16.8 Å². The maximum atomic E-state index is 13.1. The van der Waals surface area contributed by atoms with Gasteiger partial charge in [-0.05, 0) is 41.8 Å². The topological polar surface area (TPSA) is 70.7 Å². The smallest absolute Gasteiger partial charge is 0.294 e. The molecule has 28 heavy (non-hydrogen) atoms. The van der Waals surface area contributed by atoms with Gasteiger partial charge in [-0.3, -0.25) is 14.5 Å². The predicted octanol–water partition coefficient (Wildman–Crippen LogP) is 4.62. The van der Waals surface area contributed by atoms with E-state index in [1.165, 1.54) is 17.2 Å². The highest BCUT2D eigenvalue weighted by molar-refractivity contribution is 6.20. The molecule has 0 spiro atoms. The first kappa shape index (κ1) is 17.8. The van der Waals surface area contributed by atoms with Gasteiger partial charge in [0.2, 0.25) is 5.78 Å². The molecule has 1 atom stereocenters. The van der Waals surface area contributed by atoms with E-state index in [4.69, 9.17) is 4.42 Å². The Labute approximate surface area is 162 Å². The molecule has 0 radical (unpaired) electrons.